The van der Waals surface area contributed by atoms with E-state index in [2.05, 4.69) is 20.5 Å². The summed E-state index contributed by atoms with van der Waals surface area (Å²) < 4.78 is 7.47. The third-order valence-electron chi connectivity index (χ3n) is 5.12. The third-order valence-corrected chi connectivity index (χ3v) is 7.27. The van der Waals surface area contributed by atoms with Crippen molar-refractivity contribution in [2.45, 2.75) is 37.8 Å². The van der Waals surface area contributed by atoms with Crippen LogP contribution in [0.2, 0.25) is 0 Å². The van der Waals surface area contributed by atoms with Gasteiger partial charge in [0.2, 0.25) is 5.91 Å². The number of rotatable bonds is 6. The van der Waals surface area contributed by atoms with E-state index in [-0.39, 0.29) is 11.7 Å². The highest BCUT2D eigenvalue weighted by molar-refractivity contribution is 7.99. The van der Waals surface area contributed by atoms with Gasteiger partial charge in [-0.15, -0.1) is 21.5 Å². The Kier molecular flexibility index (Phi) is 5.30. The number of aryl methyl sites for hydroxylation is 2. The van der Waals surface area contributed by atoms with Crippen molar-refractivity contribution < 1.29 is 9.53 Å². The highest BCUT2D eigenvalue weighted by Gasteiger charge is 2.21. The number of ether oxygens (including phenoxy) is 1. The molecule has 5 rings (SSSR count). The summed E-state index contributed by atoms with van der Waals surface area (Å²) in [5.74, 6) is 0.770. The number of carbonyl (C=O) groups excluding carboxylic acids is 1. The van der Waals surface area contributed by atoms with Crippen molar-refractivity contribution in [1.29, 1.82) is 0 Å². The highest BCUT2D eigenvalue weighted by Crippen LogP contribution is 2.37. The molecule has 0 unspecified atom stereocenters. The lowest BCUT2D eigenvalue weighted by molar-refractivity contribution is -0.113. The number of aromatic nitrogens is 4. The maximum Gasteiger partial charge on any atom is 0.234 e. The zero-order valence-corrected chi connectivity index (χ0v) is 18.2. The van der Waals surface area contributed by atoms with Crippen LogP contribution in [0.25, 0.3) is 15.9 Å². The van der Waals surface area contributed by atoms with Crippen molar-refractivity contribution in [3.63, 3.8) is 0 Å². The van der Waals surface area contributed by atoms with Gasteiger partial charge in [-0.2, -0.15) is 0 Å². The van der Waals surface area contributed by atoms with Crippen LogP contribution in [-0.4, -0.2) is 37.8 Å². The Labute approximate surface area is 181 Å². The Morgan fingerprint density at radius 1 is 1.27 bits per heavy atom. The van der Waals surface area contributed by atoms with Gasteiger partial charge in [0, 0.05) is 4.88 Å². The van der Waals surface area contributed by atoms with Crippen molar-refractivity contribution in [2.24, 2.45) is 0 Å². The van der Waals surface area contributed by atoms with Crippen LogP contribution in [0, 0.1) is 0 Å². The molecule has 0 saturated carbocycles. The summed E-state index contributed by atoms with van der Waals surface area (Å²) >= 11 is 3.13. The Bertz CT molecular complexity index is 1230. The highest BCUT2D eigenvalue weighted by atomic mass is 32.2. The van der Waals surface area contributed by atoms with Gasteiger partial charge in [-0.1, -0.05) is 23.9 Å². The number of hydrogen-bond donors (Lipinski definition) is 1. The molecule has 3 heterocycles. The summed E-state index contributed by atoms with van der Waals surface area (Å²) in [7, 11) is 0. The lowest BCUT2D eigenvalue weighted by Gasteiger charge is -2.11. The zero-order valence-electron chi connectivity index (χ0n) is 16.6. The number of amides is 1. The molecule has 3 aromatic heterocycles. The third kappa shape index (κ3) is 3.52. The predicted octanol–water partition coefficient (Wildman–Crippen LogP) is 4.35. The minimum absolute atomic E-state index is 0.120. The van der Waals surface area contributed by atoms with E-state index in [0.717, 1.165) is 28.7 Å². The van der Waals surface area contributed by atoms with E-state index in [1.54, 1.807) is 17.7 Å². The number of hydrogen-bond acceptors (Lipinski definition) is 7. The van der Waals surface area contributed by atoms with E-state index in [1.165, 1.54) is 35.0 Å². The molecule has 30 heavy (non-hydrogen) atoms. The number of nitrogens with one attached hydrogen (secondary N) is 1. The van der Waals surface area contributed by atoms with E-state index in [0.29, 0.717) is 23.2 Å². The Morgan fingerprint density at radius 3 is 3.03 bits per heavy atom. The predicted molar refractivity (Wildman–Crippen MR) is 120 cm³/mol. The minimum Gasteiger partial charge on any atom is -0.492 e. The maximum atomic E-state index is 12.5. The second kappa shape index (κ2) is 8.23. The lowest BCUT2D eigenvalue weighted by Crippen LogP contribution is -2.15. The quantitative estimate of drug-likeness (QED) is 0.450. The Morgan fingerprint density at radius 2 is 2.13 bits per heavy atom. The number of carbonyl (C=O) groups is 1. The summed E-state index contributed by atoms with van der Waals surface area (Å²) in [4.78, 5) is 19.6. The van der Waals surface area contributed by atoms with E-state index in [1.807, 2.05) is 35.6 Å². The van der Waals surface area contributed by atoms with Crippen LogP contribution in [0.1, 0.15) is 30.2 Å². The standard InChI is InChI=1S/C21H21N5O2S2/c1-2-28-15-9-5-4-8-14(15)23-17(27)11-29-21-25-24-19-18-13-7-3-6-10-16(13)30-20(18)22-12-26(19)21/h4-5,8-9,12H,2-3,6-7,10-11H2,1H3,(H,23,27). The van der Waals surface area contributed by atoms with Crippen LogP contribution in [0.4, 0.5) is 5.69 Å². The molecule has 0 bridgehead atoms. The topological polar surface area (TPSA) is 81.4 Å². The second-order valence-electron chi connectivity index (χ2n) is 7.08. The van der Waals surface area contributed by atoms with Crippen LogP contribution in [-0.2, 0) is 17.6 Å². The van der Waals surface area contributed by atoms with E-state index in [4.69, 9.17) is 4.74 Å². The molecule has 1 N–H and O–H groups in total. The lowest BCUT2D eigenvalue weighted by atomic mass is 9.97. The van der Waals surface area contributed by atoms with Crippen molar-refractivity contribution in [3.05, 3.63) is 41.0 Å². The first-order valence-corrected chi connectivity index (χ1v) is 11.8. The Balaban J connectivity index is 1.35. The van der Waals surface area contributed by atoms with Gasteiger partial charge < -0.3 is 10.1 Å². The normalized spacial score (nSPS) is 13.5. The van der Waals surface area contributed by atoms with Gasteiger partial charge in [-0.25, -0.2) is 4.98 Å². The fraction of sp³-hybridized carbons (Fsp3) is 0.333. The molecule has 4 aromatic rings. The maximum absolute atomic E-state index is 12.5. The fourth-order valence-corrected chi connectivity index (χ4v) is 5.73. The number of anilines is 1. The van der Waals surface area contributed by atoms with Crippen molar-refractivity contribution >= 4 is 50.6 Å². The molecule has 154 valence electrons. The first-order valence-electron chi connectivity index (χ1n) is 10.0. The molecule has 9 heteroatoms. The largest absolute Gasteiger partial charge is 0.492 e. The second-order valence-corrected chi connectivity index (χ2v) is 9.10. The molecular formula is C21H21N5O2S2. The molecule has 1 aliphatic rings. The molecule has 0 radical (unpaired) electrons. The first-order chi connectivity index (χ1) is 14.7. The minimum atomic E-state index is -0.120. The van der Waals surface area contributed by atoms with Crippen LogP contribution < -0.4 is 10.1 Å². The molecule has 1 aliphatic carbocycles. The Hall–Kier alpha value is -2.65. The van der Waals surface area contributed by atoms with E-state index in [9.17, 15) is 4.79 Å². The summed E-state index contributed by atoms with van der Waals surface area (Å²) in [6.45, 7) is 2.46. The van der Waals surface area contributed by atoms with Crippen molar-refractivity contribution in [3.8, 4) is 5.75 Å². The summed E-state index contributed by atoms with van der Waals surface area (Å²) in [5, 5.41) is 13.5. The van der Waals surface area contributed by atoms with E-state index < -0.39 is 0 Å². The van der Waals surface area contributed by atoms with Gasteiger partial charge in [0.1, 0.15) is 16.9 Å². The monoisotopic (exact) mass is 439 g/mol. The van der Waals surface area contributed by atoms with Crippen LogP contribution in [0.15, 0.2) is 35.7 Å². The number of thiophene rings is 1. The molecule has 0 saturated heterocycles. The first kappa shape index (κ1) is 19.3. The molecule has 1 aromatic carbocycles. The average Bonchev–Trinajstić information content (AvgIpc) is 3.34. The average molecular weight is 440 g/mol. The summed E-state index contributed by atoms with van der Waals surface area (Å²) in [6, 6.07) is 7.43. The van der Waals surface area contributed by atoms with Gasteiger partial charge in [0.05, 0.1) is 23.4 Å². The van der Waals surface area contributed by atoms with Gasteiger partial charge >= 0.3 is 0 Å². The number of fused-ring (bicyclic) bond motifs is 5. The molecule has 0 fully saturated rings. The molecule has 1 amide bonds. The molecule has 7 nitrogen and oxygen atoms in total. The van der Waals surface area contributed by atoms with Gasteiger partial charge in [-0.05, 0) is 50.3 Å². The van der Waals surface area contributed by atoms with Crippen molar-refractivity contribution in [2.75, 3.05) is 17.7 Å². The van der Waals surface area contributed by atoms with Crippen molar-refractivity contribution in [1.82, 2.24) is 19.6 Å². The summed E-state index contributed by atoms with van der Waals surface area (Å²) in [5.41, 5.74) is 2.89. The molecule has 0 aliphatic heterocycles. The number of benzene rings is 1. The zero-order chi connectivity index (χ0) is 20.5. The van der Waals surface area contributed by atoms with E-state index >= 15 is 0 Å². The van der Waals surface area contributed by atoms with Gasteiger partial charge in [0.15, 0.2) is 10.8 Å². The van der Waals surface area contributed by atoms with Crippen LogP contribution in [0.5, 0.6) is 5.75 Å². The van der Waals surface area contributed by atoms with Gasteiger partial charge in [-0.3, -0.25) is 9.20 Å². The fourth-order valence-electron chi connectivity index (χ4n) is 3.80. The van der Waals surface area contributed by atoms with Crippen LogP contribution >= 0.6 is 23.1 Å². The number of para-hydroxylation sites is 2. The SMILES string of the molecule is CCOc1ccccc1NC(=O)CSc1nnc2c3c4c(sc3ncn12)CCCC4. The number of nitrogens with zero attached hydrogens (tertiary/aromatic N) is 4. The number of thioether (sulfide) groups is 1. The molecule has 0 atom stereocenters. The molecule has 0 spiro atoms. The van der Waals surface area contributed by atoms with Gasteiger partial charge in [0.25, 0.3) is 0 Å². The van der Waals surface area contributed by atoms with Crippen LogP contribution in [0.3, 0.4) is 0 Å². The summed E-state index contributed by atoms with van der Waals surface area (Å²) in [6.07, 6.45) is 6.42. The molecular weight excluding hydrogens is 418 g/mol. The smallest absolute Gasteiger partial charge is 0.234 e.